The predicted molar refractivity (Wildman–Crippen MR) is 53.0 cm³/mol. The molecule has 0 aliphatic heterocycles. The molecule has 0 aromatic carbocycles. The topological polar surface area (TPSA) is 47.9 Å². The molecule has 0 radical (unpaired) electrons. The van der Waals surface area contributed by atoms with Gasteiger partial charge in [-0.1, -0.05) is 12.1 Å². The minimum Gasteiger partial charge on any atom is -0.465 e. The lowest BCUT2D eigenvalue weighted by Crippen LogP contribution is -2.29. The monoisotopic (exact) mass is 199 g/mol. The van der Waals surface area contributed by atoms with E-state index in [1.807, 2.05) is 0 Å². The van der Waals surface area contributed by atoms with Gasteiger partial charge >= 0.3 is 5.97 Å². The second kappa shape index (κ2) is 4.44. The highest BCUT2D eigenvalue weighted by molar-refractivity contribution is 5.91. The molecule has 0 saturated heterocycles. The van der Waals surface area contributed by atoms with Gasteiger partial charge in [-0.25, -0.2) is 0 Å². The molecular formula is C10H17NO3. The first kappa shape index (κ1) is 11.0. The lowest BCUT2D eigenvalue weighted by molar-refractivity contribution is -0.143. The number of carbonyl (C=O) groups is 1. The quantitative estimate of drug-likeness (QED) is 0.514. The maximum absolute atomic E-state index is 10.7. The summed E-state index contributed by atoms with van der Waals surface area (Å²) in [5, 5.41) is 3.98. The number of carbonyl (C=O) groups excluding carboxylic acids is 1. The summed E-state index contributed by atoms with van der Waals surface area (Å²) in [6, 6.07) is 0. The highest BCUT2D eigenvalue weighted by atomic mass is 16.6. The van der Waals surface area contributed by atoms with Crippen molar-refractivity contribution in [2.75, 3.05) is 13.7 Å². The van der Waals surface area contributed by atoms with Crippen LogP contribution in [-0.4, -0.2) is 25.4 Å². The Bertz CT molecular complexity index is 250. The van der Waals surface area contributed by atoms with Crippen molar-refractivity contribution < 1.29 is 14.4 Å². The first-order valence-corrected chi connectivity index (χ1v) is 4.82. The molecule has 0 bridgehead atoms. The third kappa shape index (κ3) is 2.47. The molecule has 1 atom stereocenters. The number of hydrogen-bond acceptors (Lipinski definition) is 4. The Hall–Kier alpha value is -1.06. The van der Waals surface area contributed by atoms with E-state index >= 15 is 0 Å². The van der Waals surface area contributed by atoms with Crippen LogP contribution in [0.1, 0.15) is 33.1 Å². The molecule has 0 aromatic rings. The van der Waals surface area contributed by atoms with E-state index < -0.39 is 0 Å². The molecule has 1 aliphatic carbocycles. The van der Waals surface area contributed by atoms with Crippen LogP contribution in [0.3, 0.4) is 0 Å². The Labute approximate surface area is 84.3 Å². The van der Waals surface area contributed by atoms with Gasteiger partial charge < -0.3 is 9.57 Å². The molecule has 1 rings (SSSR count). The van der Waals surface area contributed by atoms with Gasteiger partial charge in [0.1, 0.15) is 13.7 Å². The Balaban J connectivity index is 2.62. The van der Waals surface area contributed by atoms with Crippen LogP contribution in [0.25, 0.3) is 0 Å². The smallest absolute Gasteiger partial charge is 0.302 e. The van der Waals surface area contributed by atoms with Gasteiger partial charge in [0.2, 0.25) is 0 Å². The molecule has 0 aromatic heterocycles. The van der Waals surface area contributed by atoms with Gasteiger partial charge in [-0.2, -0.15) is 0 Å². The second-order valence-electron chi connectivity index (χ2n) is 3.92. The highest BCUT2D eigenvalue weighted by Crippen LogP contribution is 2.35. The van der Waals surface area contributed by atoms with E-state index in [-0.39, 0.29) is 11.4 Å². The van der Waals surface area contributed by atoms with Crippen molar-refractivity contribution >= 4 is 11.7 Å². The Morgan fingerprint density at radius 2 is 2.36 bits per heavy atom. The zero-order valence-corrected chi connectivity index (χ0v) is 9.00. The molecule has 0 spiro atoms. The fourth-order valence-corrected chi connectivity index (χ4v) is 1.77. The maximum atomic E-state index is 10.7. The predicted octanol–water partition coefficient (Wildman–Crippen LogP) is 1.74. The summed E-state index contributed by atoms with van der Waals surface area (Å²) in [6.07, 6.45) is 3.02. The van der Waals surface area contributed by atoms with Crippen molar-refractivity contribution in [3.05, 3.63) is 0 Å². The van der Waals surface area contributed by atoms with Crippen LogP contribution < -0.4 is 0 Å². The Morgan fingerprint density at radius 1 is 1.64 bits per heavy atom. The molecule has 1 aliphatic rings. The fraction of sp³-hybridized carbons (Fsp3) is 0.800. The van der Waals surface area contributed by atoms with Gasteiger partial charge in [-0.05, 0) is 19.3 Å². The van der Waals surface area contributed by atoms with Crippen molar-refractivity contribution in [2.24, 2.45) is 10.6 Å². The van der Waals surface area contributed by atoms with Gasteiger partial charge in [0.15, 0.2) is 0 Å². The van der Waals surface area contributed by atoms with Gasteiger partial charge in [0.05, 0.1) is 5.71 Å². The number of hydrogen-bond donors (Lipinski definition) is 0. The number of nitrogens with zero attached hydrogens (tertiary/aromatic N) is 1. The van der Waals surface area contributed by atoms with Crippen LogP contribution in [0.4, 0.5) is 0 Å². The lowest BCUT2D eigenvalue weighted by atomic mass is 9.88. The largest absolute Gasteiger partial charge is 0.465 e. The lowest BCUT2D eigenvalue weighted by Gasteiger charge is -2.23. The summed E-state index contributed by atoms with van der Waals surface area (Å²) in [5.74, 6) is -0.241. The summed E-state index contributed by atoms with van der Waals surface area (Å²) in [5.41, 5.74) is 0.878. The molecule has 1 saturated carbocycles. The van der Waals surface area contributed by atoms with Crippen LogP contribution in [0.5, 0.6) is 0 Å². The van der Waals surface area contributed by atoms with Crippen molar-refractivity contribution in [2.45, 2.75) is 33.1 Å². The zero-order chi connectivity index (χ0) is 10.6. The number of ether oxygens (including phenoxy) is 1. The summed E-state index contributed by atoms with van der Waals surface area (Å²) in [6.45, 7) is 3.89. The summed E-state index contributed by atoms with van der Waals surface area (Å²) < 4.78 is 5.03. The van der Waals surface area contributed by atoms with Gasteiger partial charge in [-0.15, -0.1) is 0 Å². The second-order valence-corrected chi connectivity index (χ2v) is 3.92. The average Bonchev–Trinajstić information content (AvgIpc) is 2.47. The van der Waals surface area contributed by atoms with Gasteiger partial charge in [-0.3, -0.25) is 4.79 Å². The van der Waals surface area contributed by atoms with Crippen LogP contribution >= 0.6 is 0 Å². The molecule has 1 unspecified atom stereocenters. The molecule has 0 heterocycles. The van der Waals surface area contributed by atoms with Crippen molar-refractivity contribution in [1.29, 1.82) is 0 Å². The molecule has 14 heavy (non-hydrogen) atoms. The third-order valence-electron chi connectivity index (χ3n) is 2.63. The Morgan fingerprint density at radius 3 is 2.93 bits per heavy atom. The maximum Gasteiger partial charge on any atom is 0.302 e. The molecule has 1 fully saturated rings. The molecule has 0 amide bonds. The highest BCUT2D eigenvalue weighted by Gasteiger charge is 2.37. The van der Waals surface area contributed by atoms with Crippen LogP contribution in [0.15, 0.2) is 5.16 Å². The number of esters is 1. The summed E-state index contributed by atoms with van der Waals surface area (Å²) in [7, 11) is 1.54. The summed E-state index contributed by atoms with van der Waals surface area (Å²) >= 11 is 0. The van der Waals surface area contributed by atoms with Gasteiger partial charge in [0, 0.05) is 12.3 Å². The van der Waals surface area contributed by atoms with E-state index in [2.05, 4.69) is 12.1 Å². The minimum absolute atomic E-state index is 0.123. The molecule has 4 nitrogen and oxygen atoms in total. The van der Waals surface area contributed by atoms with Crippen LogP contribution in [-0.2, 0) is 14.4 Å². The van der Waals surface area contributed by atoms with E-state index in [0.717, 1.165) is 25.0 Å². The number of rotatable bonds is 3. The van der Waals surface area contributed by atoms with Crippen molar-refractivity contribution in [3.8, 4) is 0 Å². The van der Waals surface area contributed by atoms with Crippen LogP contribution in [0, 0.1) is 5.41 Å². The molecule has 80 valence electrons. The first-order valence-electron chi connectivity index (χ1n) is 4.82. The summed E-state index contributed by atoms with van der Waals surface area (Å²) in [4.78, 5) is 15.5. The Kier molecular flexibility index (Phi) is 3.49. The van der Waals surface area contributed by atoms with Crippen molar-refractivity contribution in [3.63, 3.8) is 0 Å². The third-order valence-corrected chi connectivity index (χ3v) is 2.63. The van der Waals surface area contributed by atoms with E-state index in [9.17, 15) is 4.79 Å². The van der Waals surface area contributed by atoms with Gasteiger partial charge in [0.25, 0.3) is 0 Å². The molecular weight excluding hydrogens is 182 g/mol. The van der Waals surface area contributed by atoms with E-state index in [0.29, 0.717) is 6.61 Å². The number of oxime groups is 1. The minimum atomic E-state index is -0.241. The fourth-order valence-electron chi connectivity index (χ4n) is 1.77. The van der Waals surface area contributed by atoms with E-state index in [1.54, 1.807) is 0 Å². The van der Waals surface area contributed by atoms with E-state index in [4.69, 9.17) is 9.57 Å². The standard InChI is InChI=1S/C10H17NO3/c1-8(12)14-7-10(2)6-4-5-9(10)11-13-3/h4-7H2,1-3H3/b11-9+. The SMILES string of the molecule is CO/N=C1\CCCC1(C)COC(C)=O. The average molecular weight is 199 g/mol. The zero-order valence-electron chi connectivity index (χ0n) is 9.00. The van der Waals surface area contributed by atoms with Crippen LogP contribution in [0.2, 0.25) is 0 Å². The normalized spacial score (nSPS) is 29.2. The first-order chi connectivity index (χ1) is 6.58. The van der Waals surface area contributed by atoms with E-state index in [1.165, 1.54) is 14.0 Å². The molecule has 0 N–H and O–H groups in total. The van der Waals surface area contributed by atoms with Crippen molar-refractivity contribution in [1.82, 2.24) is 0 Å². The molecule has 4 heteroatoms.